The Kier molecular flexibility index (Phi) is 21.4. The molecule has 0 heterocycles. The molecule has 0 aliphatic heterocycles. The maximum Gasteiger partial charge on any atom is 0.343 e. The molecule has 0 aromatic heterocycles. The van der Waals surface area contributed by atoms with E-state index in [1.807, 2.05) is 18.2 Å². The minimum absolute atomic E-state index is 0.0290. The molecule has 0 saturated carbocycles. The lowest BCUT2D eigenvalue weighted by Crippen LogP contribution is -2.20. The van der Waals surface area contributed by atoms with Crippen molar-refractivity contribution < 1.29 is 47.6 Å². The summed E-state index contributed by atoms with van der Waals surface area (Å²) in [4.78, 5) is 51.7. The van der Waals surface area contributed by atoms with Crippen molar-refractivity contribution in [2.24, 2.45) is 5.92 Å². The van der Waals surface area contributed by atoms with E-state index in [1.165, 1.54) is 131 Å². The fourth-order valence-corrected chi connectivity index (χ4v) is 7.07. The van der Waals surface area contributed by atoms with E-state index in [9.17, 15) is 19.2 Å². The zero-order chi connectivity index (χ0) is 46.1. The summed E-state index contributed by atoms with van der Waals surface area (Å²) >= 11 is 6.33. The molecule has 1 atom stereocenters. The Labute approximate surface area is 388 Å². The third-order valence-electron chi connectivity index (χ3n) is 10.7. The molecule has 344 valence electrons. The van der Waals surface area contributed by atoms with Gasteiger partial charge in [-0.1, -0.05) is 101 Å². The third-order valence-corrected chi connectivity index (χ3v) is 11.0. The van der Waals surface area contributed by atoms with Crippen LogP contribution in [0.25, 0.3) is 0 Å². The second-order valence-electron chi connectivity index (χ2n) is 15.9. The first-order chi connectivity index (χ1) is 31.7. The summed E-state index contributed by atoms with van der Waals surface area (Å²) in [5.74, 6) is -0.839. The van der Waals surface area contributed by atoms with Crippen LogP contribution in [0.2, 0.25) is 5.02 Å². The predicted molar refractivity (Wildman–Crippen MR) is 253 cm³/mol. The summed E-state index contributed by atoms with van der Waals surface area (Å²) in [6.45, 7) is 7.26. The van der Waals surface area contributed by atoms with E-state index in [0.29, 0.717) is 30.9 Å². The molecule has 0 saturated heterocycles. The van der Waals surface area contributed by atoms with Gasteiger partial charge in [-0.3, -0.25) is 4.79 Å². The minimum Gasteiger partial charge on any atom is -0.494 e. The molecule has 4 aromatic rings. The lowest BCUT2D eigenvalue weighted by molar-refractivity contribution is -0.137. The van der Waals surface area contributed by atoms with Crippen molar-refractivity contribution in [3.05, 3.63) is 149 Å². The Balaban J connectivity index is 1.01. The molecule has 1 aliphatic carbocycles. The highest BCUT2D eigenvalue weighted by atomic mass is 35.5. The van der Waals surface area contributed by atoms with Crippen molar-refractivity contribution in [3.8, 4) is 28.7 Å². The molecular formula is C54H61ClO10. The first-order valence-electron chi connectivity index (χ1n) is 22.9. The number of hydrogen-bond acceptors (Lipinski definition) is 10. The Morgan fingerprint density at radius 3 is 1.60 bits per heavy atom. The molecule has 5 rings (SSSR count). The van der Waals surface area contributed by atoms with Gasteiger partial charge in [-0.2, -0.15) is 0 Å². The molecule has 0 amide bonds. The normalized spacial score (nSPS) is 13.0. The molecule has 0 radical (unpaired) electrons. The molecule has 11 heteroatoms. The molecule has 1 unspecified atom stereocenters. The van der Waals surface area contributed by atoms with Crippen LogP contribution in [0.3, 0.4) is 0 Å². The highest BCUT2D eigenvalue weighted by molar-refractivity contribution is 6.32. The van der Waals surface area contributed by atoms with Crippen LogP contribution in [0.1, 0.15) is 141 Å². The average Bonchev–Trinajstić information content (AvgIpc) is 3.32. The van der Waals surface area contributed by atoms with E-state index in [2.05, 4.69) is 13.5 Å². The van der Waals surface area contributed by atoms with Crippen molar-refractivity contribution in [2.75, 3.05) is 13.2 Å². The molecule has 0 N–H and O–H groups in total. The maximum absolute atomic E-state index is 13.1. The number of esters is 4. The standard InChI is InChI=1S/C54H61ClO10/c1-3-5-7-9-11-13-15-17-37-60-44-27-19-40(20-28-44)51(56)62-46-31-23-42(24-32-46)53(58)64-48-35-36-49(55)50(39-48)65-54(59)43-25-33-47(34-26-43)63-52(57)41-21-29-45(30-22-41)61-38-18-16-14-12-10-8-6-4-2/h3,19-21,23-36,39,41H,1,4-18,22,37-38H2,2H3. The SMILES string of the molecule is C=CCCCCCCCCOc1ccc(C(=O)Oc2ccc(C(=O)Oc3ccc(Cl)c(OC(=O)c4ccc(OC(=O)C5C=CC(OCCCCCCCCCC)=CC5)cc4)c3)cc2)cc1. The van der Waals surface area contributed by atoms with Crippen molar-refractivity contribution in [1.29, 1.82) is 0 Å². The van der Waals surface area contributed by atoms with Gasteiger partial charge in [-0.15, -0.1) is 6.58 Å². The summed E-state index contributed by atoms with van der Waals surface area (Å²) in [5, 5.41) is 0.116. The van der Waals surface area contributed by atoms with E-state index < -0.39 is 29.8 Å². The number of unbranched alkanes of at least 4 members (excludes halogenated alkanes) is 13. The van der Waals surface area contributed by atoms with Gasteiger partial charge in [0.15, 0.2) is 5.75 Å². The zero-order valence-electron chi connectivity index (χ0n) is 37.4. The van der Waals surface area contributed by atoms with E-state index in [-0.39, 0.29) is 39.1 Å². The Morgan fingerprint density at radius 1 is 0.569 bits per heavy atom. The van der Waals surface area contributed by atoms with Crippen LogP contribution in [0.15, 0.2) is 128 Å². The fourth-order valence-electron chi connectivity index (χ4n) is 6.91. The van der Waals surface area contributed by atoms with Gasteiger partial charge in [0.2, 0.25) is 0 Å². The predicted octanol–water partition coefficient (Wildman–Crippen LogP) is 13.8. The lowest BCUT2D eigenvalue weighted by atomic mass is 10.0. The zero-order valence-corrected chi connectivity index (χ0v) is 38.2. The Morgan fingerprint density at radius 2 is 1.05 bits per heavy atom. The van der Waals surface area contributed by atoms with Gasteiger partial charge in [0.25, 0.3) is 0 Å². The second kappa shape index (κ2) is 27.9. The number of carbonyl (C=O) groups excluding carboxylic acids is 4. The van der Waals surface area contributed by atoms with Crippen molar-refractivity contribution in [1.82, 2.24) is 0 Å². The van der Waals surface area contributed by atoms with Crippen molar-refractivity contribution >= 4 is 35.5 Å². The van der Waals surface area contributed by atoms with Crippen molar-refractivity contribution in [2.45, 2.75) is 110 Å². The second-order valence-corrected chi connectivity index (χ2v) is 16.3. The average molecular weight is 906 g/mol. The first kappa shape index (κ1) is 49.9. The molecule has 0 spiro atoms. The lowest BCUT2D eigenvalue weighted by Gasteiger charge is -2.16. The number of hydrogen-bond donors (Lipinski definition) is 0. The fraction of sp³-hybridized carbons (Fsp3) is 0.370. The number of allylic oxidation sites excluding steroid dienone is 3. The summed E-state index contributed by atoms with van der Waals surface area (Å²) in [6, 6.07) is 22.9. The molecule has 65 heavy (non-hydrogen) atoms. The molecule has 1 aliphatic rings. The number of rotatable bonds is 28. The number of carbonyl (C=O) groups is 4. The van der Waals surface area contributed by atoms with E-state index >= 15 is 0 Å². The monoisotopic (exact) mass is 904 g/mol. The molecule has 10 nitrogen and oxygen atoms in total. The largest absolute Gasteiger partial charge is 0.494 e. The summed E-state index contributed by atoms with van der Waals surface area (Å²) < 4.78 is 33.8. The summed E-state index contributed by atoms with van der Waals surface area (Å²) in [5.41, 5.74) is 0.718. The number of halogens is 1. The molecule has 4 aromatic carbocycles. The minimum atomic E-state index is -0.727. The first-order valence-corrected chi connectivity index (χ1v) is 23.3. The van der Waals surface area contributed by atoms with E-state index in [0.717, 1.165) is 37.9 Å². The van der Waals surface area contributed by atoms with Gasteiger partial charge in [-0.25, -0.2) is 14.4 Å². The van der Waals surface area contributed by atoms with E-state index in [1.54, 1.807) is 30.3 Å². The van der Waals surface area contributed by atoms with Crippen LogP contribution in [0.5, 0.6) is 28.7 Å². The third kappa shape index (κ3) is 17.8. The van der Waals surface area contributed by atoms with Crippen molar-refractivity contribution in [3.63, 3.8) is 0 Å². The molecule has 0 bridgehead atoms. The highest BCUT2D eigenvalue weighted by Crippen LogP contribution is 2.31. The van der Waals surface area contributed by atoms with Crippen LogP contribution in [0.4, 0.5) is 0 Å². The number of ether oxygens (including phenoxy) is 6. The van der Waals surface area contributed by atoms with Gasteiger partial charge in [0, 0.05) is 6.07 Å². The Bertz CT molecular complexity index is 2190. The van der Waals surface area contributed by atoms with Gasteiger partial charge >= 0.3 is 23.9 Å². The van der Waals surface area contributed by atoms with Crippen LogP contribution in [-0.4, -0.2) is 37.1 Å². The smallest absolute Gasteiger partial charge is 0.343 e. The van der Waals surface area contributed by atoms with E-state index in [4.69, 9.17) is 40.0 Å². The van der Waals surface area contributed by atoms with Crippen LogP contribution >= 0.6 is 11.6 Å². The summed E-state index contributed by atoms with van der Waals surface area (Å²) in [6.07, 6.45) is 25.8. The van der Waals surface area contributed by atoms with Gasteiger partial charge in [0.1, 0.15) is 28.8 Å². The molecule has 0 fully saturated rings. The Hall–Kier alpha value is -6.13. The maximum atomic E-state index is 13.1. The quantitative estimate of drug-likeness (QED) is 0.0235. The van der Waals surface area contributed by atoms with Crippen LogP contribution < -0.4 is 23.7 Å². The number of benzene rings is 4. The topological polar surface area (TPSA) is 124 Å². The summed E-state index contributed by atoms with van der Waals surface area (Å²) in [7, 11) is 0. The van der Waals surface area contributed by atoms with Crippen LogP contribution in [0, 0.1) is 5.92 Å². The molecular weight excluding hydrogens is 844 g/mol. The van der Waals surface area contributed by atoms with Gasteiger partial charge in [-0.05, 0) is 129 Å². The highest BCUT2D eigenvalue weighted by Gasteiger charge is 2.21. The van der Waals surface area contributed by atoms with Gasteiger partial charge in [0.05, 0.1) is 40.8 Å². The van der Waals surface area contributed by atoms with Crippen LogP contribution in [-0.2, 0) is 9.53 Å². The van der Waals surface area contributed by atoms with Gasteiger partial charge < -0.3 is 28.4 Å².